The van der Waals surface area contributed by atoms with Gasteiger partial charge in [-0.1, -0.05) is 11.6 Å². The van der Waals surface area contributed by atoms with Crippen molar-refractivity contribution in [2.45, 2.75) is 51.7 Å². The van der Waals surface area contributed by atoms with E-state index in [0.29, 0.717) is 24.3 Å². The molecule has 0 saturated heterocycles. The van der Waals surface area contributed by atoms with Crippen LogP contribution in [0.5, 0.6) is 0 Å². The van der Waals surface area contributed by atoms with Crippen molar-refractivity contribution in [3.63, 3.8) is 0 Å². The summed E-state index contributed by atoms with van der Waals surface area (Å²) in [6.45, 7) is 4.14. The second-order valence-corrected chi connectivity index (χ2v) is 4.69. The molecule has 0 N–H and O–H groups in total. The first-order valence-electron chi connectivity index (χ1n) is 6.24. The van der Waals surface area contributed by atoms with Crippen molar-refractivity contribution >= 4 is 5.97 Å². The van der Waals surface area contributed by atoms with E-state index in [1.54, 1.807) is 6.92 Å². The topological polar surface area (TPSA) is 68.5 Å². The quantitative estimate of drug-likeness (QED) is 0.737. The van der Waals surface area contributed by atoms with E-state index in [0.717, 1.165) is 12.8 Å². The van der Waals surface area contributed by atoms with Crippen molar-refractivity contribution in [1.29, 1.82) is 0 Å². The molecule has 6 nitrogen and oxygen atoms in total. The van der Waals surface area contributed by atoms with E-state index in [4.69, 9.17) is 9.26 Å². The van der Waals surface area contributed by atoms with Crippen LogP contribution in [0.4, 0.5) is 0 Å². The third kappa shape index (κ3) is 2.69. The van der Waals surface area contributed by atoms with Crippen LogP contribution in [0.25, 0.3) is 0 Å². The van der Waals surface area contributed by atoms with Gasteiger partial charge in [-0.25, -0.2) is 0 Å². The Morgan fingerprint density at radius 3 is 2.78 bits per heavy atom. The van der Waals surface area contributed by atoms with Crippen molar-refractivity contribution in [1.82, 2.24) is 15.0 Å². The van der Waals surface area contributed by atoms with Gasteiger partial charge in [-0.3, -0.25) is 9.69 Å². The molecule has 0 amide bonds. The highest BCUT2D eigenvalue weighted by Gasteiger charge is 2.33. The first-order valence-corrected chi connectivity index (χ1v) is 6.24. The second-order valence-electron chi connectivity index (χ2n) is 4.69. The van der Waals surface area contributed by atoms with Crippen LogP contribution in [-0.4, -0.2) is 40.2 Å². The summed E-state index contributed by atoms with van der Waals surface area (Å²) >= 11 is 0. The minimum Gasteiger partial charge on any atom is -0.468 e. The summed E-state index contributed by atoms with van der Waals surface area (Å²) in [6, 6.07) is 0.136. The number of nitrogens with zero attached hydrogens (tertiary/aromatic N) is 3. The second kappa shape index (κ2) is 5.48. The van der Waals surface area contributed by atoms with Gasteiger partial charge in [0.2, 0.25) is 5.89 Å². The molecule has 0 spiro atoms. The maximum Gasteiger partial charge on any atom is 0.322 e. The Labute approximate surface area is 106 Å². The van der Waals surface area contributed by atoms with Gasteiger partial charge in [0.15, 0.2) is 5.82 Å². The van der Waals surface area contributed by atoms with Gasteiger partial charge in [-0.2, -0.15) is 4.98 Å². The number of ether oxygens (including phenoxy) is 1. The van der Waals surface area contributed by atoms with Crippen LogP contribution in [0.2, 0.25) is 0 Å². The van der Waals surface area contributed by atoms with Gasteiger partial charge in [0, 0.05) is 13.0 Å². The summed E-state index contributed by atoms with van der Waals surface area (Å²) in [4.78, 5) is 17.9. The molecule has 1 aromatic heterocycles. The SMILES string of the molecule is COC(=O)[C@H](C)N(Cc1noc(C)n1)C1CCC1. The lowest BCUT2D eigenvalue weighted by Gasteiger charge is -2.39. The van der Waals surface area contributed by atoms with Crippen LogP contribution in [-0.2, 0) is 16.1 Å². The zero-order valence-electron chi connectivity index (χ0n) is 11.0. The fourth-order valence-corrected chi connectivity index (χ4v) is 2.18. The Morgan fingerprint density at radius 2 is 2.33 bits per heavy atom. The lowest BCUT2D eigenvalue weighted by atomic mass is 9.90. The maximum absolute atomic E-state index is 11.7. The highest BCUT2D eigenvalue weighted by molar-refractivity contribution is 5.75. The van der Waals surface area contributed by atoms with E-state index < -0.39 is 0 Å². The summed E-state index contributed by atoms with van der Waals surface area (Å²) in [5, 5.41) is 3.88. The number of carbonyl (C=O) groups excluding carboxylic acids is 1. The predicted molar refractivity (Wildman–Crippen MR) is 63.7 cm³/mol. The molecule has 1 fully saturated rings. The van der Waals surface area contributed by atoms with E-state index in [1.807, 2.05) is 6.92 Å². The number of aromatic nitrogens is 2. The van der Waals surface area contributed by atoms with Crippen LogP contribution in [0.3, 0.4) is 0 Å². The third-order valence-electron chi connectivity index (χ3n) is 3.48. The fourth-order valence-electron chi connectivity index (χ4n) is 2.18. The molecule has 1 atom stereocenters. The highest BCUT2D eigenvalue weighted by atomic mass is 16.5. The highest BCUT2D eigenvalue weighted by Crippen LogP contribution is 2.27. The average molecular weight is 253 g/mol. The Bertz CT molecular complexity index is 414. The number of hydrogen-bond donors (Lipinski definition) is 0. The van der Waals surface area contributed by atoms with E-state index in [-0.39, 0.29) is 12.0 Å². The normalized spacial score (nSPS) is 17.6. The monoisotopic (exact) mass is 253 g/mol. The maximum atomic E-state index is 11.7. The van der Waals surface area contributed by atoms with E-state index in [9.17, 15) is 4.79 Å². The average Bonchev–Trinajstić information content (AvgIpc) is 2.69. The van der Waals surface area contributed by atoms with Crippen molar-refractivity contribution in [3.05, 3.63) is 11.7 Å². The lowest BCUT2D eigenvalue weighted by molar-refractivity contribution is -0.148. The molecule has 0 unspecified atom stereocenters. The molecular formula is C12H19N3O3. The molecule has 2 rings (SSSR count). The van der Waals surface area contributed by atoms with E-state index in [2.05, 4.69) is 15.0 Å². The minimum atomic E-state index is -0.279. The lowest BCUT2D eigenvalue weighted by Crippen LogP contribution is -2.48. The number of rotatable bonds is 5. The van der Waals surface area contributed by atoms with Gasteiger partial charge in [0.1, 0.15) is 6.04 Å². The Kier molecular flexibility index (Phi) is 3.96. The summed E-state index contributed by atoms with van der Waals surface area (Å²) in [7, 11) is 1.41. The molecule has 1 heterocycles. The van der Waals surface area contributed by atoms with Gasteiger partial charge >= 0.3 is 5.97 Å². The van der Waals surface area contributed by atoms with E-state index >= 15 is 0 Å². The molecular weight excluding hydrogens is 234 g/mol. The molecule has 1 aromatic rings. The number of esters is 1. The molecule has 0 radical (unpaired) electrons. The van der Waals surface area contributed by atoms with Gasteiger partial charge in [0.05, 0.1) is 13.7 Å². The summed E-state index contributed by atoms with van der Waals surface area (Å²) < 4.78 is 9.77. The standard InChI is InChI=1S/C12H19N3O3/c1-8(12(16)17-3)15(10-5-4-6-10)7-11-13-9(2)18-14-11/h8,10H,4-7H2,1-3H3/t8-/m0/s1. The molecule has 0 aromatic carbocycles. The number of aryl methyl sites for hydroxylation is 1. The van der Waals surface area contributed by atoms with Crippen molar-refractivity contribution in [2.24, 2.45) is 0 Å². The van der Waals surface area contributed by atoms with Gasteiger partial charge in [0.25, 0.3) is 0 Å². The van der Waals surface area contributed by atoms with E-state index in [1.165, 1.54) is 13.5 Å². The molecule has 1 aliphatic rings. The van der Waals surface area contributed by atoms with Crippen LogP contribution >= 0.6 is 0 Å². The molecule has 100 valence electrons. The van der Waals surface area contributed by atoms with Crippen LogP contribution in [0, 0.1) is 6.92 Å². The molecule has 18 heavy (non-hydrogen) atoms. The Morgan fingerprint density at radius 1 is 1.61 bits per heavy atom. The molecule has 1 saturated carbocycles. The number of carbonyl (C=O) groups is 1. The Balaban J connectivity index is 2.07. The van der Waals surface area contributed by atoms with Crippen molar-refractivity contribution in [3.8, 4) is 0 Å². The smallest absolute Gasteiger partial charge is 0.322 e. The molecule has 1 aliphatic carbocycles. The zero-order chi connectivity index (χ0) is 13.1. The molecule has 0 aliphatic heterocycles. The van der Waals surface area contributed by atoms with Gasteiger partial charge < -0.3 is 9.26 Å². The van der Waals surface area contributed by atoms with Crippen LogP contribution < -0.4 is 0 Å². The fraction of sp³-hybridized carbons (Fsp3) is 0.750. The summed E-state index contributed by atoms with van der Waals surface area (Å²) in [5.74, 6) is 0.946. The van der Waals surface area contributed by atoms with Gasteiger partial charge in [-0.05, 0) is 19.8 Å². The number of methoxy groups -OCH3 is 1. The molecule has 6 heteroatoms. The van der Waals surface area contributed by atoms with Crippen molar-refractivity contribution in [2.75, 3.05) is 7.11 Å². The Hall–Kier alpha value is -1.43. The summed E-state index contributed by atoms with van der Waals surface area (Å²) in [6.07, 6.45) is 3.43. The largest absolute Gasteiger partial charge is 0.468 e. The zero-order valence-corrected chi connectivity index (χ0v) is 11.0. The summed E-state index contributed by atoms with van der Waals surface area (Å²) in [5.41, 5.74) is 0. The predicted octanol–water partition coefficient (Wildman–Crippen LogP) is 1.29. The van der Waals surface area contributed by atoms with Crippen LogP contribution in [0.1, 0.15) is 37.9 Å². The first-order chi connectivity index (χ1) is 8.61. The minimum absolute atomic E-state index is 0.220. The van der Waals surface area contributed by atoms with Crippen LogP contribution in [0.15, 0.2) is 4.52 Å². The third-order valence-corrected chi connectivity index (χ3v) is 3.48. The molecule has 0 bridgehead atoms. The van der Waals surface area contributed by atoms with Crippen molar-refractivity contribution < 1.29 is 14.1 Å². The van der Waals surface area contributed by atoms with Gasteiger partial charge in [-0.15, -0.1) is 0 Å². The first kappa shape index (κ1) is 13.0. The number of hydrogen-bond acceptors (Lipinski definition) is 6.